The minimum absolute atomic E-state index is 0.261. The van der Waals surface area contributed by atoms with Crippen LogP contribution in [0.4, 0.5) is 11.6 Å². The number of hydrogen-bond acceptors (Lipinski definition) is 7. The predicted molar refractivity (Wildman–Crippen MR) is 122 cm³/mol. The summed E-state index contributed by atoms with van der Waals surface area (Å²) < 4.78 is 0. The molecule has 3 heterocycles. The summed E-state index contributed by atoms with van der Waals surface area (Å²) in [5, 5.41) is 9.12. The van der Waals surface area contributed by atoms with E-state index in [0.717, 1.165) is 75.9 Å². The number of anilines is 2. The average molecular weight is 411 g/mol. The number of nitrogens with zero attached hydrogens (tertiary/aromatic N) is 6. The van der Waals surface area contributed by atoms with Crippen LogP contribution in [0.3, 0.4) is 0 Å². The van der Waals surface area contributed by atoms with E-state index >= 15 is 0 Å². The molecule has 1 aromatic carbocycles. The highest BCUT2D eigenvalue weighted by atomic mass is 16.3. The molecule has 0 saturated carbocycles. The van der Waals surface area contributed by atoms with Gasteiger partial charge in [0.2, 0.25) is 5.95 Å². The summed E-state index contributed by atoms with van der Waals surface area (Å²) >= 11 is 0. The van der Waals surface area contributed by atoms with Crippen molar-refractivity contribution in [3.8, 4) is 11.3 Å². The molecular formula is C23H34N6O. The molecule has 2 saturated heterocycles. The van der Waals surface area contributed by atoms with Gasteiger partial charge in [-0.15, -0.1) is 0 Å². The number of piperazine rings is 1. The molecule has 2 aliphatic rings. The standard InChI is InChI=1S/C23H34N6O/c1-26(2)20-5-3-19(4-6-20)22-7-10-24-23(25-22)29-11-8-21(9-12-29)28-15-13-27(14-16-28)17-18-30/h3-7,10,21,30H,8-9,11-18H2,1-2H3. The zero-order chi connectivity index (χ0) is 20.9. The highest BCUT2D eigenvalue weighted by Gasteiger charge is 2.28. The van der Waals surface area contributed by atoms with E-state index < -0.39 is 0 Å². The summed E-state index contributed by atoms with van der Waals surface area (Å²) in [4.78, 5) is 18.9. The second kappa shape index (κ2) is 9.73. The summed E-state index contributed by atoms with van der Waals surface area (Å²) in [6.07, 6.45) is 4.19. The monoisotopic (exact) mass is 410 g/mol. The molecular weight excluding hydrogens is 376 g/mol. The first-order chi connectivity index (χ1) is 14.6. The summed E-state index contributed by atoms with van der Waals surface area (Å²) in [5.41, 5.74) is 3.29. The second-order valence-electron chi connectivity index (χ2n) is 8.50. The molecule has 0 bridgehead atoms. The summed E-state index contributed by atoms with van der Waals surface area (Å²) in [6, 6.07) is 11.2. The van der Waals surface area contributed by atoms with E-state index in [1.54, 1.807) is 0 Å². The fourth-order valence-corrected chi connectivity index (χ4v) is 4.52. The van der Waals surface area contributed by atoms with Gasteiger partial charge in [-0.25, -0.2) is 9.97 Å². The van der Waals surface area contributed by atoms with E-state index in [1.807, 2.05) is 12.3 Å². The maximum Gasteiger partial charge on any atom is 0.225 e. The lowest BCUT2D eigenvalue weighted by Crippen LogP contribution is -2.53. The van der Waals surface area contributed by atoms with Crippen molar-refractivity contribution in [3.63, 3.8) is 0 Å². The summed E-state index contributed by atoms with van der Waals surface area (Å²) in [7, 11) is 4.10. The Bertz CT molecular complexity index is 796. The molecule has 1 aromatic heterocycles. The van der Waals surface area contributed by atoms with Gasteiger partial charge in [0.05, 0.1) is 12.3 Å². The molecule has 2 fully saturated rings. The zero-order valence-electron chi connectivity index (χ0n) is 18.2. The largest absolute Gasteiger partial charge is 0.395 e. The molecule has 2 aromatic rings. The number of aliphatic hydroxyl groups is 1. The third-order valence-electron chi connectivity index (χ3n) is 6.41. The van der Waals surface area contributed by atoms with E-state index in [9.17, 15) is 0 Å². The Morgan fingerprint density at radius 1 is 0.967 bits per heavy atom. The highest BCUT2D eigenvalue weighted by molar-refractivity contribution is 5.63. The molecule has 0 unspecified atom stereocenters. The smallest absolute Gasteiger partial charge is 0.225 e. The third-order valence-corrected chi connectivity index (χ3v) is 6.41. The Labute approximate surface area is 179 Å². The van der Waals surface area contributed by atoms with Crippen molar-refractivity contribution in [3.05, 3.63) is 36.5 Å². The molecule has 0 aliphatic carbocycles. The van der Waals surface area contributed by atoms with Gasteiger partial charge in [-0.05, 0) is 31.0 Å². The minimum atomic E-state index is 0.261. The quantitative estimate of drug-likeness (QED) is 0.779. The van der Waals surface area contributed by atoms with Gasteiger partial charge in [-0.3, -0.25) is 9.80 Å². The van der Waals surface area contributed by atoms with Crippen LogP contribution in [0.1, 0.15) is 12.8 Å². The first-order valence-electron chi connectivity index (χ1n) is 11.1. The van der Waals surface area contributed by atoms with Crippen molar-refractivity contribution in [1.82, 2.24) is 19.8 Å². The van der Waals surface area contributed by atoms with Crippen LogP contribution >= 0.6 is 0 Å². The first kappa shape index (κ1) is 21.0. The molecule has 2 aliphatic heterocycles. The molecule has 0 radical (unpaired) electrons. The van der Waals surface area contributed by atoms with E-state index in [1.165, 1.54) is 5.69 Å². The highest BCUT2D eigenvalue weighted by Crippen LogP contribution is 2.25. The van der Waals surface area contributed by atoms with Crippen LogP contribution in [-0.2, 0) is 0 Å². The average Bonchev–Trinajstić information content (AvgIpc) is 2.80. The van der Waals surface area contributed by atoms with Crippen LogP contribution in [0.15, 0.2) is 36.5 Å². The van der Waals surface area contributed by atoms with Crippen LogP contribution in [-0.4, -0.2) is 97.4 Å². The molecule has 162 valence electrons. The molecule has 4 rings (SSSR count). The van der Waals surface area contributed by atoms with E-state index in [2.05, 4.69) is 62.9 Å². The van der Waals surface area contributed by atoms with Crippen molar-refractivity contribution >= 4 is 11.6 Å². The number of benzene rings is 1. The molecule has 30 heavy (non-hydrogen) atoms. The number of piperidine rings is 1. The molecule has 7 heteroatoms. The van der Waals surface area contributed by atoms with Gasteiger partial charge in [0, 0.05) is 83.4 Å². The number of hydrogen-bond donors (Lipinski definition) is 1. The molecule has 0 spiro atoms. The zero-order valence-corrected chi connectivity index (χ0v) is 18.2. The van der Waals surface area contributed by atoms with Gasteiger partial charge in [-0.1, -0.05) is 12.1 Å². The summed E-state index contributed by atoms with van der Waals surface area (Å²) in [6.45, 7) is 7.43. The first-order valence-corrected chi connectivity index (χ1v) is 11.1. The van der Waals surface area contributed by atoms with Gasteiger partial charge in [0.1, 0.15) is 0 Å². The minimum Gasteiger partial charge on any atom is -0.395 e. The van der Waals surface area contributed by atoms with Crippen molar-refractivity contribution in [2.24, 2.45) is 0 Å². The Balaban J connectivity index is 1.34. The maximum absolute atomic E-state index is 9.12. The Morgan fingerprint density at radius 2 is 1.67 bits per heavy atom. The van der Waals surface area contributed by atoms with Gasteiger partial charge < -0.3 is 14.9 Å². The lowest BCUT2D eigenvalue weighted by Gasteiger charge is -2.42. The topological polar surface area (TPSA) is 59.0 Å². The number of β-amino-alcohol motifs (C(OH)–C–C–N with tert-alkyl or cyclic N) is 1. The fraction of sp³-hybridized carbons (Fsp3) is 0.565. The van der Waals surface area contributed by atoms with E-state index in [4.69, 9.17) is 10.1 Å². The second-order valence-corrected chi connectivity index (χ2v) is 8.50. The van der Waals surface area contributed by atoms with Crippen LogP contribution < -0.4 is 9.80 Å². The SMILES string of the molecule is CN(C)c1ccc(-c2ccnc(N3CCC(N4CCN(CCO)CC4)CC3)n2)cc1. The van der Waals surface area contributed by atoms with Crippen LogP contribution in [0, 0.1) is 0 Å². The van der Waals surface area contributed by atoms with Crippen LogP contribution in [0.25, 0.3) is 11.3 Å². The van der Waals surface area contributed by atoms with E-state index in [-0.39, 0.29) is 6.61 Å². The molecule has 7 nitrogen and oxygen atoms in total. The normalized spacial score (nSPS) is 19.2. The number of aliphatic hydroxyl groups excluding tert-OH is 1. The Hall–Kier alpha value is -2.22. The van der Waals surface area contributed by atoms with Gasteiger partial charge in [0.15, 0.2) is 0 Å². The number of aromatic nitrogens is 2. The number of rotatable bonds is 6. The van der Waals surface area contributed by atoms with Crippen LogP contribution in [0.2, 0.25) is 0 Å². The van der Waals surface area contributed by atoms with Crippen molar-refractivity contribution < 1.29 is 5.11 Å². The van der Waals surface area contributed by atoms with Gasteiger partial charge in [-0.2, -0.15) is 0 Å². The van der Waals surface area contributed by atoms with Gasteiger partial charge >= 0.3 is 0 Å². The molecule has 0 amide bonds. The van der Waals surface area contributed by atoms with Gasteiger partial charge in [0.25, 0.3) is 0 Å². The van der Waals surface area contributed by atoms with E-state index in [0.29, 0.717) is 6.04 Å². The maximum atomic E-state index is 9.12. The summed E-state index contributed by atoms with van der Waals surface area (Å²) in [5.74, 6) is 0.843. The molecule has 0 atom stereocenters. The lowest BCUT2D eigenvalue weighted by atomic mass is 10.0. The Kier molecular flexibility index (Phi) is 6.82. The molecule has 1 N–H and O–H groups in total. The van der Waals surface area contributed by atoms with Crippen molar-refractivity contribution in [2.45, 2.75) is 18.9 Å². The third kappa shape index (κ3) is 4.91. The fourth-order valence-electron chi connectivity index (χ4n) is 4.52. The Morgan fingerprint density at radius 3 is 2.30 bits per heavy atom. The lowest BCUT2D eigenvalue weighted by molar-refractivity contribution is 0.0746. The van der Waals surface area contributed by atoms with Crippen LogP contribution in [0.5, 0.6) is 0 Å². The van der Waals surface area contributed by atoms with Crippen molar-refractivity contribution in [1.29, 1.82) is 0 Å². The predicted octanol–water partition coefficient (Wildman–Crippen LogP) is 1.79. The van der Waals surface area contributed by atoms with Crippen molar-refractivity contribution in [2.75, 3.05) is 76.3 Å².